The zero-order valence-electron chi connectivity index (χ0n) is 21.9. The van der Waals surface area contributed by atoms with Crippen molar-refractivity contribution in [1.29, 1.82) is 0 Å². The van der Waals surface area contributed by atoms with E-state index < -0.39 is 52.7 Å². The SMILES string of the molecule is COc1ccc(C(=O)OC2CC(C)(O)C=C(OC(C)=O)C3(C)C(OC(C)=O)CC(O)(C(C)C)C23)cc1. The second-order valence-corrected chi connectivity index (χ2v) is 10.5. The van der Waals surface area contributed by atoms with E-state index in [1.165, 1.54) is 34.0 Å². The molecule has 0 aromatic heterocycles. The fourth-order valence-electron chi connectivity index (χ4n) is 5.69. The third-order valence-electron chi connectivity index (χ3n) is 7.47. The average Bonchev–Trinajstić information content (AvgIpc) is 2.94. The Labute approximate surface area is 211 Å². The van der Waals surface area contributed by atoms with Crippen molar-refractivity contribution in [3.63, 3.8) is 0 Å². The van der Waals surface area contributed by atoms with Gasteiger partial charge in [-0.2, -0.15) is 0 Å². The standard InChI is InChI=1S/C27H36O9/c1-15(2)27(32)14-22(35-17(4)29)26(6)21(34-16(3)28)13-25(5,31)12-20(23(26)27)36-24(30)18-8-10-19(33-7)11-9-18/h8-11,13,15,20,22-23,31-32H,12,14H2,1-7H3. The van der Waals surface area contributed by atoms with Crippen LogP contribution in [0, 0.1) is 17.3 Å². The molecule has 0 heterocycles. The van der Waals surface area contributed by atoms with E-state index in [2.05, 4.69) is 0 Å². The van der Waals surface area contributed by atoms with Crippen LogP contribution in [0.1, 0.15) is 64.7 Å². The van der Waals surface area contributed by atoms with E-state index in [1.807, 2.05) is 13.8 Å². The van der Waals surface area contributed by atoms with Gasteiger partial charge in [0.05, 0.1) is 29.3 Å². The molecule has 6 unspecified atom stereocenters. The largest absolute Gasteiger partial charge is 0.497 e. The van der Waals surface area contributed by atoms with E-state index in [9.17, 15) is 24.6 Å². The Kier molecular flexibility index (Phi) is 7.58. The molecule has 1 aromatic carbocycles. The fraction of sp³-hybridized carbons (Fsp3) is 0.593. The van der Waals surface area contributed by atoms with Crippen LogP contribution in [-0.4, -0.2) is 58.6 Å². The quantitative estimate of drug-likeness (QED) is 0.443. The summed E-state index contributed by atoms with van der Waals surface area (Å²) in [5.74, 6) is -2.46. The van der Waals surface area contributed by atoms with Gasteiger partial charge in [0, 0.05) is 32.6 Å². The van der Waals surface area contributed by atoms with Crippen LogP contribution in [0.5, 0.6) is 5.75 Å². The van der Waals surface area contributed by atoms with Gasteiger partial charge in [0.25, 0.3) is 0 Å². The molecule has 0 aliphatic heterocycles. The topological polar surface area (TPSA) is 129 Å². The molecule has 2 N–H and O–H groups in total. The Bertz CT molecular complexity index is 1040. The maximum absolute atomic E-state index is 13.2. The van der Waals surface area contributed by atoms with E-state index in [-0.39, 0.29) is 30.1 Å². The number of carbonyl (C=O) groups excluding carboxylic acids is 3. The highest BCUT2D eigenvalue weighted by Crippen LogP contribution is 2.61. The lowest BCUT2D eigenvalue weighted by Gasteiger charge is -2.44. The molecule has 198 valence electrons. The summed E-state index contributed by atoms with van der Waals surface area (Å²) in [5, 5.41) is 23.3. The predicted octanol–water partition coefficient (Wildman–Crippen LogP) is 3.17. The third kappa shape index (κ3) is 5.13. The third-order valence-corrected chi connectivity index (χ3v) is 7.47. The Morgan fingerprint density at radius 2 is 1.58 bits per heavy atom. The number of hydrogen-bond donors (Lipinski definition) is 2. The van der Waals surface area contributed by atoms with Crippen molar-refractivity contribution in [3.8, 4) is 5.75 Å². The van der Waals surface area contributed by atoms with E-state index in [0.29, 0.717) is 5.75 Å². The summed E-state index contributed by atoms with van der Waals surface area (Å²) in [5.41, 5.74) is -4.08. The molecular formula is C27H36O9. The Morgan fingerprint density at radius 1 is 0.972 bits per heavy atom. The number of benzene rings is 1. The first kappa shape index (κ1) is 27.7. The summed E-state index contributed by atoms with van der Waals surface area (Å²) in [4.78, 5) is 37.4. The number of ether oxygens (including phenoxy) is 4. The molecule has 1 saturated carbocycles. The number of rotatable bonds is 6. The molecule has 6 atom stereocenters. The minimum Gasteiger partial charge on any atom is -0.497 e. The molecule has 0 spiro atoms. The summed E-state index contributed by atoms with van der Waals surface area (Å²) in [6, 6.07) is 6.37. The predicted molar refractivity (Wildman–Crippen MR) is 129 cm³/mol. The van der Waals surface area contributed by atoms with Gasteiger partial charge in [-0.05, 0) is 50.1 Å². The summed E-state index contributed by atoms with van der Waals surface area (Å²) in [6.07, 6.45) is -0.582. The first-order valence-electron chi connectivity index (χ1n) is 12.0. The highest BCUT2D eigenvalue weighted by Gasteiger charge is 2.69. The van der Waals surface area contributed by atoms with Gasteiger partial charge >= 0.3 is 17.9 Å². The van der Waals surface area contributed by atoms with Crippen LogP contribution in [0.2, 0.25) is 0 Å². The van der Waals surface area contributed by atoms with Crippen molar-refractivity contribution in [2.75, 3.05) is 7.11 Å². The smallest absolute Gasteiger partial charge is 0.338 e. The van der Waals surface area contributed by atoms with Crippen LogP contribution in [-0.2, 0) is 23.8 Å². The normalized spacial score (nSPS) is 33.7. The molecule has 9 heteroatoms. The molecule has 3 rings (SSSR count). The molecule has 2 aliphatic rings. The summed E-state index contributed by atoms with van der Waals surface area (Å²) in [6.45, 7) is 9.33. The molecular weight excluding hydrogens is 468 g/mol. The van der Waals surface area contributed by atoms with Crippen molar-refractivity contribution in [2.45, 2.75) is 77.8 Å². The van der Waals surface area contributed by atoms with E-state index in [1.54, 1.807) is 31.2 Å². The van der Waals surface area contributed by atoms with Gasteiger partial charge in [0.1, 0.15) is 23.7 Å². The zero-order valence-corrected chi connectivity index (χ0v) is 21.9. The van der Waals surface area contributed by atoms with Crippen LogP contribution in [0.3, 0.4) is 0 Å². The number of aliphatic hydroxyl groups is 2. The molecule has 1 aromatic rings. The molecule has 0 bridgehead atoms. The van der Waals surface area contributed by atoms with Gasteiger partial charge < -0.3 is 29.2 Å². The van der Waals surface area contributed by atoms with Crippen LogP contribution in [0.4, 0.5) is 0 Å². The molecule has 2 aliphatic carbocycles. The summed E-state index contributed by atoms with van der Waals surface area (Å²) < 4.78 is 22.4. The van der Waals surface area contributed by atoms with E-state index in [0.717, 1.165) is 0 Å². The van der Waals surface area contributed by atoms with Crippen molar-refractivity contribution in [3.05, 3.63) is 41.7 Å². The molecule has 0 radical (unpaired) electrons. The van der Waals surface area contributed by atoms with Gasteiger partial charge in [0.2, 0.25) is 0 Å². The van der Waals surface area contributed by atoms with Crippen LogP contribution >= 0.6 is 0 Å². The van der Waals surface area contributed by atoms with Gasteiger partial charge in [-0.25, -0.2) is 4.79 Å². The monoisotopic (exact) mass is 504 g/mol. The van der Waals surface area contributed by atoms with Gasteiger partial charge in [0.15, 0.2) is 0 Å². The zero-order chi connectivity index (χ0) is 27.1. The Balaban J connectivity index is 2.16. The molecule has 0 amide bonds. The minimum absolute atomic E-state index is 0.0305. The van der Waals surface area contributed by atoms with Crippen molar-refractivity contribution < 1.29 is 43.5 Å². The first-order valence-corrected chi connectivity index (χ1v) is 12.0. The van der Waals surface area contributed by atoms with Gasteiger partial charge in [-0.1, -0.05) is 13.8 Å². The molecule has 0 saturated heterocycles. The second-order valence-electron chi connectivity index (χ2n) is 10.5. The number of hydrogen-bond acceptors (Lipinski definition) is 9. The Hall–Kier alpha value is -2.91. The minimum atomic E-state index is -1.57. The average molecular weight is 505 g/mol. The summed E-state index contributed by atoms with van der Waals surface area (Å²) in [7, 11) is 1.52. The molecule has 1 fully saturated rings. The molecule has 9 nitrogen and oxygen atoms in total. The van der Waals surface area contributed by atoms with Crippen LogP contribution in [0.15, 0.2) is 36.1 Å². The second kappa shape index (κ2) is 9.86. The fourth-order valence-corrected chi connectivity index (χ4v) is 5.69. The summed E-state index contributed by atoms with van der Waals surface area (Å²) >= 11 is 0. The van der Waals surface area contributed by atoms with Gasteiger partial charge in [-0.15, -0.1) is 0 Å². The first-order chi connectivity index (χ1) is 16.6. The number of carbonyl (C=O) groups is 3. The highest BCUT2D eigenvalue weighted by molar-refractivity contribution is 5.89. The van der Waals surface area contributed by atoms with Crippen molar-refractivity contribution >= 4 is 17.9 Å². The van der Waals surface area contributed by atoms with E-state index >= 15 is 0 Å². The molecule has 36 heavy (non-hydrogen) atoms. The maximum atomic E-state index is 13.2. The number of esters is 3. The van der Waals surface area contributed by atoms with Crippen LogP contribution < -0.4 is 4.74 Å². The van der Waals surface area contributed by atoms with Gasteiger partial charge in [-0.3, -0.25) is 9.59 Å². The number of methoxy groups -OCH3 is 1. The Morgan fingerprint density at radius 3 is 2.08 bits per heavy atom. The lowest BCUT2D eigenvalue weighted by Crippen LogP contribution is -2.52. The van der Waals surface area contributed by atoms with Crippen LogP contribution in [0.25, 0.3) is 0 Å². The highest BCUT2D eigenvalue weighted by atomic mass is 16.6. The number of fused-ring (bicyclic) bond motifs is 1. The van der Waals surface area contributed by atoms with Crippen molar-refractivity contribution in [2.24, 2.45) is 17.3 Å². The van der Waals surface area contributed by atoms with Crippen molar-refractivity contribution in [1.82, 2.24) is 0 Å². The van der Waals surface area contributed by atoms with E-state index in [4.69, 9.17) is 18.9 Å². The lowest BCUT2D eigenvalue weighted by molar-refractivity contribution is -0.156. The maximum Gasteiger partial charge on any atom is 0.338 e. The lowest BCUT2D eigenvalue weighted by atomic mass is 9.67.